The number of aliphatic hydroxyl groups is 2. The molecule has 0 aliphatic carbocycles. The Hall–Kier alpha value is -0.650. The van der Waals surface area contributed by atoms with Gasteiger partial charge in [0.15, 0.2) is 0 Å². The van der Waals surface area contributed by atoms with Gasteiger partial charge < -0.3 is 20.4 Å². The van der Waals surface area contributed by atoms with E-state index in [2.05, 4.69) is 5.32 Å². The molecule has 1 amide bonds. The SMILES string of the molecule is CNC1CCN(C(C)(CO)CO)C1=O. The number of carbonyl (C=O) groups is 1. The summed E-state index contributed by atoms with van der Waals surface area (Å²) < 4.78 is 0. The number of nitrogens with one attached hydrogen (secondary N) is 1. The van der Waals surface area contributed by atoms with Gasteiger partial charge >= 0.3 is 0 Å². The lowest BCUT2D eigenvalue weighted by atomic mass is 10.0. The lowest BCUT2D eigenvalue weighted by Gasteiger charge is -2.35. The Balaban J connectivity index is 2.75. The van der Waals surface area contributed by atoms with Gasteiger partial charge in [0, 0.05) is 6.54 Å². The van der Waals surface area contributed by atoms with Crippen LogP contribution >= 0.6 is 0 Å². The molecule has 1 heterocycles. The van der Waals surface area contributed by atoms with Crippen LogP contribution in [0.2, 0.25) is 0 Å². The molecule has 1 atom stereocenters. The molecule has 1 rings (SSSR count). The Morgan fingerprint density at radius 3 is 2.50 bits per heavy atom. The first-order valence-corrected chi connectivity index (χ1v) is 4.79. The van der Waals surface area contributed by atoms with Gasteiger partial charge in [-0.1, -0.05) is 0 Å². The predicted octanol–water partition coefficient (Wildman–Crippen LogP) is -1.45. The first kappa shape index (κ1) is 11.4. The fourth-order valence-electron chi connectivity index (χ4n) is 1.70. The molecule has 5 heteroatoms. The second-order valence-electron chi connectivity index (χ2n) is 3.93. The number of likely N-dealkylation sites (tertiary alicyclic amines) is 1. The molecule has 0 aromatic carbocycles. The van der Waals surface area contributed by atoms with Gasteiger partial charge in [0.25, 0.3) is 0 Å². The van der Waals surface area contributed by atoms with Crippen molar-refractivity contribution in [1.29, 1.82) is 0 Å². The van der Waals surface area contributed by atoms with Crippen LogP contribution in [-0.2, 0) is 4.79 Å². The van der Waals surface area contributed by atoms with E-state index >= 15 is 0 Å². The first-order chi connectivity index (χ1) is 6.59. The van der Waals surface area contributed by atoms with Crippen molar-refractivity contribution in [2.45, 2.75) is 24.9 Å². The van der Waals surface area contributed by atoms with Crippen molar-refractivity contribution in [1.82, 2.24) is 10.2 Å². The van der Waals surface area contributed by atoms with Crippen LogP contribution in [0.1, 0.15) is 13.3 Å². The van der Waals surface area contributed by atoms with Crippen molar-refractivity contribution in [2.75, 3.05) is 26.8 Å². The maximum absolute atomic E-state index is 11.7. The molecule has 0 bridgehead atoms. The molecule has 82 valence electrons. The summed E-state index contributed by atoms with van der Waals surface area (Å²) in [5.74, 6) is -0.0434. The molecule has 1 unspecified atom stereocenters. The normalized spacial score (nSPS) is 23.3. The number of likely N-dealkylation sites (N-methyl/N-ethyl adjacent to an activating group) is 1. The number of rotatable bonds is 4. The van der Waals surface area contributed by atoms with Gasteiger partial charge in [-0.3, -0.25) is 4.79 Å². The summed E-state index contributed by atoms with van der Waals surface area (Å²) in [6, 6.07) is -0.174. The smallest absolute Gasteiger partial charge is 0.240 e. The second kappa shape index (κ2) is 4.25. The minimum absolute atomic E-state index is 0.0434. The largest absolute Gasteiger partial charge is 0.394 e. The van der Waals surface area contributed by atoms with Crippen LogP contribution in [0.5, 0.6) is 0 Å². The molecule has 0 spiro atoms. The number of carbonyl (C=O) groups excluding carboxylic acids is 1. The monoisotopic (exact) mass is 202 g/mol. The van der Waals surface area contributed by atoms with Gasteiger partial charge in [0.2, 0.25) is 5.91 Å². The van der Waals surface area contributed by atoms with Gasteiger partial charge in [-0.2, -0.15) is 0 Å². The van der Waals surface area contributed by atoms with E-state index in [1.54, 1.807) is 18.9 Å². The molecule has 1 aliphatic heterocycles. The van der Waals surface area contributed by atoms with Crippen LogP contribution in [0, 0.1) is 0 Å². The Kier molecular flexibility index (Phi) is 3.47. The van der Waals surface area contributed by atoms with Gasteiger partial charge in [-0.05, 0) is 20.4 Å². The summed E-state index contributed by atoms with van der Waals surface area (Å²) in [7, 11) is 1.74. The molecule has 0 aromatic heterocycles. The molecule has 1 aliphatic rings. The summed E-state index contributed by atoms with van der Waals surface area (Å²) in [4.78, 5) is 13.3. The lowest BCUT2D eigenvalue weighted by Crippen LogP contribution is -2.54. The Morgan fingerprint density at radius 2 is 2.14 bits per heavy atom. The number of hydrogen-bond donors (Lipinski definition) is 3. The Bertz CT molecular complexity index is 216. The number of aliphatic hydroxyl groups excluding tert-OH is 2. The quantitative estimate of drug-likeness (QED) is 0.521. The molecule has 3 N–H and O–H groups in total. The van der Waals surface area contributed by atoms with Crippen molar-refractivity contribution in [3.63, 3.8) is 0 Å². The molecular formula is C9H18N2O3. The average molecular weight is 202 g/mol. The van der Waals surface area contributed by atoms with E-state index < -0.39 is 5.54 Å². The van der Waals surface area contributed by atoms with Crippen LogP contribution in [0.15, 0.2) is 0 Å². The highest BCUT2D eigenvalue weighted by atomic mass is 16.3. The molecule has 5 nitrogen and oxygen atoms in total. The summed E-state index contributed by atoms with van der Waals surface area (Å²) in [6.45, 7) is 1.84. The zero-order valence-corrected chi connectivity index (χ0v) is 8.66. The Labute approximate surface area is 83.7 Å². The van der Waals surface area contributed by atoms with Crippen molar-refractivity contribution >= 4 is 5.91 Å². The van der Waals surface area contributed by atoms with Crippen molar-refractivity contribution in [3.05, 3.63) is 0 Å². The predicted molar refractivity (Wildman–Crippen MR) is 51.8 cm³/mol. The molecule has 0 aromatic rings. The van der Waals surface area contributed by atoms with E-state index in [4.69, 9.17) is 10.2 Å². The highest BCUT2D eigenvalue weighted by Gasteiger charge is 2.41. The maximum Gasteiger partial charge on any atom is 0.240 e. The summed E-state index contributed by atoms with van der Waals surface area (Å²) in [6.07, 6.45) is 0.727. The standard InChI is InChI=1S/C9H18N2O3/c1-9(5-12,6-13)11-4-3-7(10-2)8(11)14/h7,10,12-13H,3-6H2,1-2H3. The topological polar surface area (TPSA) is 72.8 Å². The number of nitrogens with zero attached hydrogens (tertiary/aromatic N) is 1. The van der Waals surface area contributed by atoms with Crippen LogP contribution in [0.4, 0.5) is 0 Å². The highest BCUT2D eigenvalue weighted by Crippen LogP contribution is 2.21. The van der Waals surface area contributed by atoms with Crippen LogP contribution in [-0.4, -0.2) is 59.4 Å². The highest BCUT2D eigenvalue weighted by molar-refractivity contribution is 5.84. The third-order valence-electron chi connectivity index (χ3n) is 2.89. The average Bonchev–Trinajstić information content (AvgIpc) is 2.59. The summed E-state index contributed by atoms with van der Waals surface area (Å²) >= 11 is 0. The van der Waals surface area contributed by atoms with E-state index in [9.17, 15) is 4.79 Å². The van der Waals surface area contributed by atoms with Crippen molar-refractivity contribution in [2.24, 2.45) is 0 Å². The number of amides is 1. The minimum Gasteiger partial charge on any atom is -0.394 e. The molecule has 1 fully saturated rings. The maximum atomic E-state index is 11.7. The van der Waals surface area contributed by atoms with Crippen molar-refractivity contribution < 1.29 is 15.0 Å². The van der Waals surface area contributed by atoms with E-state index in [-0.39, 0.29) is 25.2 Å². The van der Waals surface area contributed by atoms with E-state index in [0.717, 1.165) is 6.42 Å². The van der Waals surface area contributed by atoms with Crippen LogP contribution in [0.3, 0.4) is 0 Å². The third-order valence-corrected chi connectivity index (χ3v) is 2.89. The first-order valence-electron chi connectivity index (χ1n) is 4.79. The van der Waals surface area contributed by atoms with Gasteiger partial charge in [-0.25, -0.2) is 0 Å². The number of hydrogen-bond acceptors (Lipinski definition) is 4. The summed E-state index contributed by atoms with van der Waals surface area (Å²) in [5, 5.41) is 21.2. The van der Waals surface area contributed by atoms with E-state index in [0.29, 0.717) is 6.54 Å². The zero-order chi connectivity index (χ0) is 10.8. The fourth-order valence-corrected chi connectivity index (χ4v) is 1.70. The summed E-state index contributed by atoms with van der Waals surface area (Å²) in [5.41, 5.74) is -0.831. The van der Waals surface area contributed by atoms with Crippen LogP contribution in [0.25, 0.3) is 0 Å². The van der Waals surface area contributed by atoms with Gasteiger partial charge in [0.1, 0.15) is 0 Å². The fraction of sp³-hybridized carbons (Fsp3) is 0.889. The van der Waals surface area contributed by atoms with E-state index in [1.165, 1.54) is 0 Å². The van der Waals surface area contributed by atoms with Gasteiger partial charge in [-0.15, -0.1) is 0 Å². The molecule has 0 radical (unpaired) electrons. The Morgan fingerprint density at radius 1 is 1.57 bits per heavy atom. The zero-order valence-electron chi connectivity index (χ0n) is 8.66. The van der Waals surface area contributed by atoms with Crippen LogP contribution < -0.4 is 5.32 Å². The van der Waals surface area contributed by atoms with Crippen molar-refractivity contribution in [3.8, 4) is 0 Å². The molecule has 0 saturated carbocycles. The second-order valence-corrected chi connectivity index (χ2v) is 3.93. The molecule has 14 heavy (non-hydrogen) atoms. The minimum atomic E-state index is -0.831. The molecule has 1 saturated heterocycles. The van der Waals surface area contributed by atoms with E-state index in [1.807, 2.05) is 0 Å². The lowest BCUT2D eigenvalue weighted by molar-refractivity contribution is -0.137. The molecular weight excluding hydrogens is 184 g/mol. The van der Waals surface area contributed by atoms with Gasteiger partial charge in [0.05, 0.1) is 24.8 Å². The third kappa shape index (κ3) is 1.75.